The molecule has 0 saturated carbocycles. The Morgan fingerprint density at radius 3 is 1.85 bits per heavy atom. The molecule has 5 unspecified atom stereocenters. The Labute approximate surface area is 270 Å². The molecular formula is C32H53NO13. The summed E-state index contributed by atoms with van der Waals surface area (Å²) in [7, 11) is 0. The fourth-order valence-corrected chi connectivity index (χ4v) is 6.02. The van der Waals surface area contributed by atoms with Gasteiger partial charge in [0.25, 0.3) is 5.91 Å². The van der Waals surface area contributed by atoms with Crippen molar-refractivity contribution < 1.29 is 64.2 Å². The highest BCUT2D eigenvalue weighted by molar-refractivity contribution is 5.77. The maximum Gasteiger partial charge on any atom is 0.258 e. The lowest BCUT2D eigenvalue weighted by Crippen LogP contribution is -2.60. The number of carbonyl (C=O) groups is 1. The van der Waals surface area contributed by atoms with E-state index in [1.54, 1.807) is 19.1 Å². The summed E-state index contributed by atoms with van der Waals surface area (Å²) in [5, 5.41) is 73.1. The molecule has 264 valence electrons. The van der Waals surface area contributed by atoms with Crippen LogP contribution in [0.3, 0.4) is 0 Å². The highest BCUT2D eigenvalue weighted by Gasteiger charge is 2.45. The summed E-state index contributed by atoms with van der Waals surface area (Å²) in [6.45, 7) is 10.4. The third-order valence-electron chi connectivity index (χ3n) is 8.36. The molecule has 0 aliphatic carbocycles. The first kappa shape index (κ1) is 38.5. The van der Waals surface area contributed by atoms with Gasteiger partial charge in [0.05, 0.1) is 44.7 Å². The van der Waals surface area contributed by atoms with Crippen molar-refractivity contribution >= 4 is 5.91 Å². The van der Waals surface area contributed by atoms with Gasteiger partial charge in [0.1, 0.15) is 36.3 Å². The van der Waals surface area contributed by atoms with E-state index in [9.17, 15) is 40.5 Å². The van der Waals surface area contributed by atoms with Crippen molar-refractivity contribution in [2.75, 3.05) is 33.0 Å². The second kappa shape index (κ2) is 16.4. The zero-order chi connectivity index (χ0) is 34.4. The fraction of sp³-hybridized carbons (Fsp3) is 0.781. The Bertz CT molecular complexity index is 1040. The maximum absolute atomic E-state index is 12.9. The van der Waals surface area contributed by atoms with Crippen molar-refractivity contribution in [3.05, 3.63) is 29.8 Å². The summed E-state index contributed by atoms with van der Waals surface area (Å²) in [4.78, 5) is 12.9. The molecule has 14 nitrogen and oxygen atoms in total. The minimum Gasteiger partial charge on any atom is -0.484 e. The van der Waals surface area contributed by atoms with Crippen LogP contribution in [0.5, 0.6) is 5.75 Å². The number of benzene rings is 1. The van der Waals surface area contributed by atoms with Crippen molar-refractivity contribution in [1.29, 1.82) is 0 Å². The standard InChI is InChI=1S/C32H53NO13/c1-17-21(11-34)45-29(27(40)24(17)37)43-13-19(14-44-30-28(41)26(39)25(38)22(12-35)46-30)33-23(36)15-42-20-9-7-18(8-10-20)32(5,6)16-31(2,3)4/h7-10,17,19,21-22,24-30,34-35,37-41H,11-16H2,1-6H3,(H,33,36)/t17-,19?,21?,22?,24?,25-,26?,27+,28+,29+,30+/m1/s1. The average Bonchev–Trinajstić information content (AvgIpc) is 2.99. The molecule has 3 rings (SSSR count). The normalized spacial score (nSPS) is 33.0. The Balaban J connectivity index is 1.64. The molecule has 0 bridgehead atoms. The van der Waals surface area contributed by atoms with Crippen LogP contribution < -0.4 is 10.1 Å². The molecule has 0 spiro atoms. The molecule has 1 aromatic carbocycles. The van der Waals surface area contributed by atoms with Gasteiger partial charge in [0.2, 0.25) is 0 Å². The SMILES string of the molecule is C[C@@H]1C(CO)O[C@H](OCC(CO[C@H]2OC(CO)[C@@H](O)C(O)[C@@H]2O)NC(=O)COc2ccc(C(C)(C)CC(C)(C)C)cc2)[C@@H](O)C1O. The van der Waals surface area contributed by atoms with E-state index in [0.29, 0.717) is 5.75 Å². The largest absolute Gasteiger partial charge is 0.484 e. The highest BCUT2D eigenvalue weighted by Crippen LogP contribution is 2.36. The van der Waals surface area contributed by atoms with Gasteiger partial charge in [0, 0.05) is 5.92 Å². The summed E-state index contributed by atoms with van der Waals surface area (Å²) < 4.78 is 28.0. The van der Waals surface area contributed by atoms with Gasteiger partial charge in [-0.2, -0.15) is 0 Å². The highest BCUT2D eigenvalue weighted by atomic mass is 16.7. The van der Waals surface area contributed by atoms with Crippen molar-refractivity contribution in [3.63, 3.8) is 0 Å². The molecule has 1 amide bonds. The third kappa shape index (κ3) is 10.3. The maximum atomic E-state index is 12.9. The molecule has 11 atom stereocenters. The molecule has 2 saturated heterocycles. The van der Waals surface area contributed by atoms with Crippen molar-refractivity contribution in [2.45, 2.75) is 115 Å². The van der Waals surface area contributed by atoms with Gasteiger partial charge in [-0.3, -0.25) is 4.79 Å². The summed E-state index contributed by atoms with van der Waals surface area (Å²) in [6, 6.07) is 6.56. The topological polar surface area (TPSA) is 217 Å². The predicted molar refractivity (Wildman–Crippen MR) is 164 cm³/mol. The lowest BCUT2D eigenvalue weighted by molar-refractivity contribution is -0.306. The van der Waals surface area contributed by atoms with E-state index >= 15 is 0 Å². The minimum absolute atomic E-state index is 0.0662. The Hall–Kier alpha value is -1.95. The molecule has 2 aliphatic rings. The number of rotatable bonds is 14. The second-order valence-electron chi connectivity index (χ2n) is 14.1. The molecular weight excluding hydrogens is 606 g/mol. The summed E-state index contributed by atoms with van der Waals surface area (Å²) >= 11 is 0. The first-order valence-corrected chi connectivity index (χ1v) is 15.7. The lowest BCUT2D eigenvalue weighted by atomic mass is 9.72. The number of aliphatic hydroxyl groups is 7. The predicted octanol–water partition coefficient (Wildman–Crippen LogP) is -0.828. The number of aliphatic hydroxyl groups excluding tert-OH is 7. The van der Waals surface area contributed by atoms with Crippen LogP contribution in [-0.4, -0.2) is 136 Å². The lowest BCUT2D eigenvalue weighted by Gasteiger charge is -2.41. The van der Waals surface area contributed by atoms with Crippen LogP contribution in [0.2, 0.25) is 0 Å². The van der Waals surface area contributed by atoms with Crippen LogP contribution in [0, 0.1) is 11.3 Å². The number of hydrogen-bond donors (Lipinski definition) is 8. The molecule has 2 aliphatic heterocycles. The Kier molecular flexibility index (Phi) is 13.8. The van der Waals surface area contributed by atoms with Gasteiger partial charge in [-0.15, -0.1) is 0 Å². The van der Waals surface area contributed by atoms with E-state index in [2.05, 4.69) is 39.9 Å². The van der Waals surface area contributed by atoms with Crippen LogP contribution in [-0.2, 0) is 29.2 Å². The van der Waals surface area contributed by atoms with Crippen molar-refractivity contribution in [2.24, 2.45) is 11.3 Å². The van der Waals surface area contributed by atoms with E-state index < -0.39 is 86.4 Å². The smallest absolute Gasteiger partial charge is 0.258 e. The van der Waals surface area contributed by atoms with E-state index in [1.807, 2.05) is 12.1 Å². The fourth-order valence-electron chi connectivity index (χ4n) is 6.02. The third-order valence-corrected chi connectivity index (χ3v) is 8.36. The summed E-state index contributed by atoms with van der Waals surface area (Å²) in [5.41, 5.74) is 1.21. The number of carbonyl (C=O) groups excluding carboxylic acids is 1. The van der Waals surface area contributed by atoms with Crippen molar-refractivity contribution in [3.8, 4) is 5.75 Å². The number of hydrogen-bond acceptors (Lipinski definition) is 13. The second-order valence-corrected chi connectivity index (χ2v) is 14.1. The van der Waals surface area contributed by atoms with Crippen LogP contribution in [0.4, 0.5) is 0 Å². The quantitative estimate of drug-likeness (QED) is 0.123. The van der Waals surface area contributed by atoms with Gasteiger partial charge in [-0.25, -0.2) is 0 Å². The first-order valence-electron chi connectivity index (χ1n) is 15.7. The number of amides is 1. The van der Waals surface area contributed by atoms with Crippen LogP contribution in [0.25, 0.3) is 0 Å². The van der Waals surface area contributed by atoms with Crippen LogP contribution >= 0.6 is 0 Å². The van der Waals surface area contributed by atoms with Gasteiger partial charge in [0.15, 0.2) is 19.2 Å². The molecule has 2 fully saturated rings. The molecule has 8 N–H and O–H groups in total. The van der Waals surface area contributed by atoms with Gasteiger partial charge < -0.3 is 64.7 Å². The van der Waals surface area contributed by atoms with E-state index in [0.717, 1.165) is 12.0 Å². The van der Waals surface area contributed by atoms with Crippen LogP contribution in [0.1, 0.15) is 53.5 Å². The first-order chi connectivity index (χ1) is 21.5. The Morgan fingerprint density at radius 1 is 0.804 bits per heavy atom. The molecule has 0 radical (unpaired) electrons. The molecule has 2 heterocycles. The molecule has 1 aromatic rings. The average molecular weight is 660 g/mol. The van der Waals surface area contributed by atoms with Crippen molar-refractivity contribution in [1.82, 2.24) is 5.32 Å². The molecule has 46 heavy (non-hydrogen) atoms. The van der Waals surface area contributed by atoms with E-state index in [-0.39, 0.29) is 30.7 Å². The molecule has 14 heteroatoms. The zero-order valence-corrected chi connectivity index (χ0v) is 27.5. The van der Waals surface area contributed by atoms with E-state index in [1.165, 1.54) is 0 Å². The van der Waals surface area contributed by atoms with Crippen LogP contribution in [0.15, 0.2) is 24.3 Å². The Morgan fingerprint density at radius 2 is 1.33 bits per heavy atom. The number of ether oxygens (including phenoxy) is 5. The van der Waals surface area contributed by atoms with E-state index in [4.69, 9.17) is 23.7 Å². The summed E-state index contributed by atoms with van der Waals surface area (Å²) in [6.07, 6.45) is -11.4. The molecule has 0 aromatic heterocycles. The number of nitrogens with one attached hydrogen (secondary N) is 1. The summed E-state index contributed by atoms with van der Waals surface area (Å²) in [5.74, 6) is -0.650. The monoisotopic (exact) mass is 659 g/mol. The van der Waals surface area contributed by atoms with Gasteiger partial charge in [-0.05, 0) is 34.9 Å². The van der Waals surface area contributed by atoms with Gasteiger partial charge in [-0.1, -0.05) is 53.7 Å². The minimum atomic E-state index is -1.67. The zero-order valence-electron chi connectivity index (χ0n) is 27.5. The van der Waals surface area contributed by atoms with Gasteiger partial charge >= 0.3 is 0 Å².